The lowest BCUT2D eigenvalue weighted by molar-refractivity contribution is -0.148. The third kappa shape index (κ3) is 6.15. The maximum Gasteiger partial charge on any atom is 0.247 e. The maximum absolute atomic E-state index is 14.9. The van der Waals surface area contributed by atoms with Gasteiger partial charge in [0.15, 0.2) is 0 Å². The van der Waals surface area contributed by atoms with E-state index in [1.54, 1.807) is 38.6 Å². The lowest BCUT2D eigenvalue weighted by Gasteiger charge is -2.41. The van der Waals surface area contributed by atoms with Crippen LogP contribution in [0.3, 0.4) is 0 Å². The number of hydrogen-bond acceptors (Lipinski definition) is 5. The number of benzene rings is 2. The fourth-order valence-corrected chi connectivity index (χ4v) is 11.2. The first kappa shape index (κ1) is 33.5. The van der Waals surface area contributed by atoms with Crippen LogP contribution in [0.15, 0.2) is 86.0 Å². The summed E-state index contributed by atoms with van der Waals surface area (Å²) < 4.78 is -0.809. The highest BCUT2D eigenvalue weighted by atomic mass is 79.9. The number of nitrogens with zero attached hydrogens (tertiary/aromatic N) is 3. The average molecular weight is 695 g/mol. The number of halogens is 1. The zero-order valence-corrected chi connectivity index (χ0v) is 28.5. The molecule has 2 aromatic rings. The first-order chi connectivity index (χ1) is 21.7. The summed E-state index contributed by atoms with van der Waals surface area (Å²) in [6, 6.07) is 18.3. The molecule has 8 atom stereocenters. The molecule has 0 aromatic heterocycles. The van der Waals surface area contributed by atoms with Crippen LogP contribution in [0.5, 0.6) is 0 Å². The monoisotopic (exact) mass is 693 g/mol. The van der Waals surface area contributed by atoms with Gasteiger partial charge in [0.05, 0.1) is 29.2 Å². The largest absolute Gasteiger partial charge is 0.394 e. The number of amides is 3. The van der Waals surface area contributed by atoms with E-state index in [0.717, 1.165) is 17.5 Å². The predicted molar refractivity (Wildman–Crippen MR) is 183 cm³/mol. The molecule has 2 bridgehead atoms. The van der Waals surface area contributed by atoms with Crippen molar-refractivity contribution in [2.75, 3.05) is 19.7 Å². The lowest BCUT2D eigenvalue weighted by Crippen LogP contribution is -2.58. The lowest BCUT2D eigenvalue weighted by atomic mass is 9.70. The van der Waals surface area contributed by atoms with Crippen molar-refractivity contribution in [3.05, 3.63) is 97.1 Å². The SMILES string of the molecule is C=CCN(Cc1ccccc1)C(=O)C1N([C@@H](CO)[C@@H](C)CC)C(=O)[C@@H]2[C@@H](C(=O)N(CC=C)Cc3ccccc3)[C@@H]3SC12CC3Br. The van der Waals surface area contributed by atoms with Crippen molar-refractivity contribution < 1.29 is 19.5 Å². The Morgan fingerprint density at radius 1 is 1.02 bits per heavy atom. The van der Waals surface area contributed by atoms with E-state index < -0.39 is 28.7 Å². The Labute approximate surface area is 279 Å². The van der Waals surface area contributed by atoms with E-state index in [2.05, 4.69) is 29.1 Å². The van der Waals surface area contributed by atoms with Gasteiger partial charge in [-0.05, 0) is 23.5 Å². The van der Waals surface area contributed by atoms with Crippen molar-refractivity contribution >= 4 is 45.4 Å². The minimum atomic E-state index is -0.820. The van der Waals surface area contributed by atoms with Crippen molar-refractivity contribution in [1.29, 1.82) is 0 Å². The highest BCUT2D eigenvalue weighted by molar-refractivity contribution is 9.09. The molecule has 240 valence electrons. The van der Waals surface area contributed by atoms with E-state index >= 15 is 0 Å². The Kier molecular flexibility index (Phi) is 10.6. The van der Waals surface area contributed by atoms with Gasteiger partial charge in [-0.25, -0.2) is 0 Å². The first-order valence-electron chi connectivity index (χ1n) is 15.8. The molecule has 1 N–H and O–H groups in total. The molecule has 0 radical (unpaired) electrons. The molecule has 7 nitrogen and oxygen atoms in total. The second kappa shape index (κ2) is 14.3. The van der Waals surface area contributed by atoms with Gasteiger partial charge in [0.1, 0.15) is 6.04 Å². The van der Waals surface area contributed by atoms with Gasteiger partial charge in [-0.1, -0.05) is 109 Å². The summed E-state index contributed by atoms with van der Waals surface area (Å²) in [4.78, 5) is 49.4. The van der Waals surface area contributed by atoms with Crippen LogP contribution in [0.25, 0.3) is 0 Å². The normalized spacial score (nSPS) is 28.0. The quantitative estimate of drug-likeness (QED) is 0.215. The number of rotatable bonds is 14. The smallest absolute Gasteiger partial charge is 0.247 e. The third-order valence-electron chi connectivity index (χ3n) is 9.85. The summed E-state index contributed by atoms with van der Waals surface area (Å²) in [5, 5.41) is 10.6. The fraction of sp³-hybridized carbons (Fsp3) is 0.472. The fourth-order valence-electron chi connectivity index (χ4n) is 7.57. The van der Waals surface area contributed by atoms with Crippen molar-refractivity contribution in [2.45, 2.75) is 66.7 Å². The summed E-state index contributed by atoms with van der Waals surface area (Å²) in [7, 11) is 0. The molecule has 45 heavy (non-hydrogen) atoms. The van der Waals surface area contributed by atoms with E-state index in [-0.39, 0.29) is 40.3 Å². The van der Waals surface area contributed by atoms with Gasteiger partial charge >= 0.3 is 0 Å². The third-order valence-corrected chi connectivity index (χ3v) is 13.1. The Bertz CT molecular complexity index is 1390. The Balaban J connectivity index is 1.58. The van der Waals surface area contributed by atoms with Crippen LogP contribution in [-0.4, -0.2) is 84.1 Å². The van der Waals surface area contributed by atoms with E-state index in [1.807, 2.05) is 74.5 Å². The van der Waals surface area contributed by atoms with Crippen LogP contribution < -0.4 is 0 Å². The first-order valence-corrected chi connectivity index (χ1v) is 17.6. The zero-order chi connectivity index (χ0) is 32.3. The molecule has 0 saturated carbocycles. The molecular weight excluding hydrogens is 650 g/mol. The van der Waals surface area contributed by atoms with E-state index in [0.29, 0.717) is 32.6 Å². The van der Waals surface area contributed by atoms with Crippen molar-refractivity contribution in [2.24, 2.45) is 17.8 Å². The Morgan fingerprint density at radius 2 is 1.56 bits per heavy atom. The second-order valence-electron chi connectivity index (χ2n) is 12.5. The van der Waals surface area contributed by atoms with Gasteiger partial charge in [0.2, 0.25) is 17.7 Å². The molecule has 0 aliphatic carbocycles. The summed E-state index contributed by atoms with van der Waals surface area (Å²) in [5.41, 5.74) is 1.98. The molecule has 2 aromatic carbocycles. The molecule has 3 unspecified atom stereocenters. The number of carbonyl (C=O) groups is 3. The van der Waals surface area contributed by atoms with Gasteiger partial charge in [-0.15, -0.1) is 24.9 Å². The standard InChI is InChI=1S/C36H44BrN3O4S/c1-5-18-38(21-25-14-10-8-11-15-25)33(42)29-30-34(43)40(28(23-41)24(4)7-3)32(36(30)20-27(37)31(29)45-36)35(44)39(19-6-2)22-26-16-12-9-13-17-26/h5-6,8-17,24,27-32,41H,1-2,7,18-23H2,3-4H3/t24-,27?,28-,29+,30-,31+,32?,36?/m0/s1. The van der Waals surface area contributed by atoms with Crippen LogP contribution in [0, 0.1) is 17.8 Å². The van der Waals surface area contributed by atoms with Crippen molar-refractivity contribution in [3.63, 3.8) is 0 Å². The topological polar surface area (TPSA) is 81.2 Å². The highest BCUT2D eigenvalue weighted by Crippen LogP contribution is 2.68. The molecule has 3 aliphatic heterocycles. The molecule has 3 aliphatic rings. The summed E-state index contributed by atoms with van der Waals surface area (Å²) in [5.74, 6) is -1.78. The van der Waals surface area contributed by atoms with Crippen LogP contribution in [0.4, 0.5) is 0 Å². The number of aliphatic hydroxyl groups is 1. The number of fused-ring (bicyclic) bond motifs is 1. The molecule has 3 amide bonds. The van der Waals surface area contributed by atoms with E-state index in [1.165, 1.54) is 0 Å². The van der Waals surface area contributed by atoms with Gasteiger partial charge in [0, 0.05) is 36.3 Å². The maximum atomic E-state index is 14.9. The number of hydrogen-bond donors (Lipinski definition) is 1. The number of aliphatic hydroxyl groups excluding tert-OH is 1. The predicted octanol–water partition coefficient (Wildman–Crippen LogP) is 5.29. The number of alkyl halides is 1. The molecule has 3 heterocycles. The van der Waals surface area contributed by atoms with Gasteiger partial charge in [0.25, 0.3) is 0 Å². The average Bonchev–Trinajstić information content (AvgIpc) is 3.64. The van der Waals surface area contributed by atoms with E-state index in [4.69, 9.17) is 0 Å². The Hall–Kier alpha value is -2.88. The molecule has 5 rings (SSSR count). The van der Waals surface area contributed by atoms with Gasteiger partial charge < -0.3 is 19.8 Å². The van der Waals surface area contributed by atoms with E-state index in [9.17, 15) is 19.5 Å². The van der Waals surface area contributed by atoms with Crippen molar-refractivity contribution in [3.8, 4) is 0 Å². The van der Waals surface area contributed by atoms with Crippen LogP contribution in [0.1, 0.15) is 37.8 Å². The van der Waals surface area contributed by atoms with Crippen LogP contribution in [-0.2, 0) is 27.5 Å². The minimum Gasteiger partial charge on any atom is -0.394 e. The zero-order valence-electron chi connectivity index (χ0n) is 26.1. The number of carbonyl (C=O) groups excluding carboxylic acids is 3. The second-order valence-corrected chi connectivity index (χ2v) is 15.2. The van der Waals surface area contributed by atoms with Crippen LogP contribution >= 0.6 is 27.7 Å². The number of thioether (sulfide) groups is 1. The molecular formula is C36H44BrN3O4S. The molecule has 1 spiro atoms. The molecule has 9 heteroatoms. The highest BCUT2D eigenvalue weighted by Gasteiger charge is 2.76. The van der Waals surface area contributed by atoms with Crippen LogP contribution in [0.2, 0.25) is 0 Å². The minimum absolute atomic E-state index is 0.0436. The molecule has 3 fully saturated rings. The number of likely N-dealkylation sites (tertiary alicyclic amines) is 1. The summed E-state index contributed by atoms with van der Waals surface area (Å²) in [6.45, 7) is 13.1. The Morgan fingerprint density at radius 3 is 2.04 bits per heavy atom. The van der Waals surface area contributed by atoms with Gasteiger partial charge in [-0.2, -0.15) is 0 Å². The van der Waals surface area contributed by atoms with Gasteiger partial charge in [-0.3, -0.25) is 14.4 Å². The summed E-state index contributed by atoms with van der Waals surface area (Å²) in [6.07, 6.45) is 4.75. The summed E-state index contributed by atoms with van der Waals surface area (Å²) >= 11 is 5.52. The molecule has 3 saturated heterocycles. The van der Waals surface area contributed by atoms with Crippen molar-refractivity contribution in [1.82, 2.24) is 14.7 Å².